The summed E-state index contributed by atoms with van der Waals surface area (Å²) in [6, 6.07) is 17.8. The maximum Gasteiger partial charge on any atom is 0.255 e. The lowest BCUT2D eigenvalue weighted by Crippen LogP contribution is -2.38. The highest BCUT2D eigenvalue weighted by Gasteiger charge is 2.40. The zero-order chi connectivity index (χ0) is 27.4. The van der Waals surface area contributed by atoms with Crippen molar-refractivity contribution in [1.82, 2.24) is 10.2 Å². The van der Waals surface area contributed by atoms with Gasteiger partial charge in [-0.1, -0.05) is 23.9 Å². The van der Waals surface area contributed by atoms with E-state index in [2.05, 4.69) is 10.6 Å². The van der Waals surface area contributed by atoms with Crippen molar-refractivity contribution in [3.8, 4) is 11.5 Å². The highest BCUT2D eigenvalue weighted by atomic mass is 32.2. The Balaban J connectivity index is 1.45. The number of furan rings is 1. The number of amides is 2. The molecular formula is C29H28N4O5S. The largest absolute Gasteiger partial charge is 0.497 e. The number of anilines is 1. The van der Waals surface area contributed by atoms with Gasteiger partial charge in [0.05, 0.1) is 50.8 Å². The SMILES string of the molecule is COc1ccc(NC(=O)C2=C(C)N=C3SC=C(CC(=O)NCc4ccco4)N3C2c2cccc(OC)c2)cc1. The molecule has 1 atom stereocenters. The van der Waals surface area contributed by atoms with Crippen LogP contribution in [0.3, 0.4) is 0 Å². The van der Waals surface area contributed by atoms with E-state index >= 15 is 0 Å². The Morgan fingerprint density at radius 3 is 2.56 bits per heavy atom. The third kappa shape index (κ3) is 5.70. The number of fused-ring (bicyclic) bond motifs is 1. The predicted octanol–water partition coefficient (Wildman–Crippen LogP) is 5.22. The minimum absolute atomic E-state index is 0.111. The summed E-state index contributed by atoms with van der Waals surface area (Å²) in [5, 5.41) is 8.51. The summed E-state index contributed by atoms with van der Waals surface area (Å²) in [5.41, 5.74) is 3.29. The fourth-order valence-electron chi connectivity index (χ4n) is 4.49. The predicted molar refractivity (Wildman–Crippen MR) is 150 cm³/mol. The van der Waals surface area contributed by atoms with E-state index in [1.807, 2.05) is 41.5 Å². The van der Waals surface area contributed by atoms with Crippen molar-refractivity contribution >= 4 is 34.4 Å². The summed E-state index contributed by atoms with van der Waals surface area (Å²) in [4.78, 5) is 33.4. The van der Waals surface area contributed by atoms with Crippen LogP contribution in [0.15, 0.2) is 98.7 Å². The van der Waals surface area contributed by atoms with Crippen LogP contribution in [-0.4, -0.2) is 36.1 Å². The number of ether oxygens (including phenoxy) is 2. The van der Waals surface area contributed by atoms with Crippen molar-refractivity contribution in [3.63, 3.8) is 0 Å². The minimum Gasteiger partial charge on any atom is -0.497 e. The highest BCUT2D eigenvalue weighted by molar-refractivity contribution is 8.16. The smallest absolute Gasteiger partial charge is 0.255 e. The Kier molecular flexibility index (Phi) is 7.74. The molecule has 3 aromatic rings. The van der Waals surface area contributed by atoms with Gasteiger partial charge in [0.25, 0.3) is 5.91 Å². The number of nitrogens with one attached hydrogen (secondary N) is 2. The first-order valence-corrected chi connectivity index (χ1v) is 13.2. The van der Waals surface area contributed by atoms with Gasteiger partial charge in [0.1, 0.15) is 17.3 Å². The van der Waals surface area contributed by atoms with E-state index in [1.165, 1.54) is 11.8 Å². The quantitative estimate of drug-likeness (QED) is 0.381. The number of aliphatic imine (C=N–C) groups is 1. The molecule has 3 heterocycles. The molecular weight excluding hydrogens is 516 g/mol. The molecule has 2 aliphatic heterocycles. The van der Waals surface area contributed by atoms with E-state index < -0.39 is 6.04 Å². The standard InChI is InChI=1S/C29H28N4O5S/c1-18-26(28(35)32-20-9-11-22(36-2)12-10-20)27(19-6-4-7-23(14-19)37-3)33-21(17-39-29(33)31-18)15-25(34)30-16-24-8-5-13-38-24/h4-14,17,27H,15-16H2,1-3H3,(H,30,34)(H,32,35). The first-order valence-electron chi connectivity index (χ1n) is 12.3. The highest BCUT2D eigenvalue weighted by Crippen LogP contribution is 2.45. The summed E-state index contributed by atoms with van der Waals surface area (Å²) >= 11 is 1.43. The number of carbonyl (C=O) groups is 2. The Morgan fingerprint density at radius 1 is 1.05 bits per heavy atom. The van der Waals surface area contributed by atoms with Crippen LogP contribution in [0.4, 0.5) is 5.69 Å². The molecule has 0 spiro atoms. The van der Waals surface area contributed by atoms with Crippen LogP contribution in [-0.2, 0) is 16.1 Å². The van der Waals surface area contributed by atoms with Gasteiger partial charge in [-0.25, -0.2) is 4.99 Å². The second kappa shape index (κ2) is 11.5. The molecule has 9 nitrogen and oxygen atoms in total. The van der Waals surface area contributed by atoms with Crippen molar-refractivity contribution in [1.29, 1.82) is 0 Å². The molecule has 39 heavy (non-hydrogen) atoms. The lowest BCUT2D eigenvalue weighted by Gasteiger charge is -2.36. The number of methoxy groups -OCH3 is 2. The van der Waals surface area contributed by atoms with Crippen LogP contribution in [0, 0.1) is 0 Å². The summed E-state index contributed by atoms with van der Waals surface area (Å²) in [6.45, 7) is 2.12. The van der Waals surface area contributed by atoms with Crippen LogP contribution >= 0.6 is 11.8 Å². The van der Waals surface area contributed by atoms with E-state index in [-0.39, 0.29) is 18.2 Å². The molecule has 2 aromatic carbocycles. The van der Waals surface area contributed by atoms with Crippen molar-refractivity contribution in [3.05, 3.63) is 101 Å². The first-order chi connectivity index (χ1) is 19.0. The van der Waals surface area contributed by atoms with E-state index in [1.54, 1.807) is 56.9 Å². The molecule has 0 saturated carbocycles. The van der Waals surface area contributed by atoms with E-state index in [0.29, 0.717) is 45.9 Å². The summed E-state index contributed by atoms with van der Waals surface area (Å²) < 4.78 is 16.0. The van der Waals surface area contributed by atoms with Gasteiger partial charge >= 0.3 is 0 Å². The zero-order valence-corrected chi connectivity index (χ0v) is 22.6. The average Bonchev–Trinajstić information content (AvgIpc) is 3.61. The molecule has 0 aliphatic carbocycles. The fourth-order valence-corrected chi connectivity index (χ4v) is 5.45. The lowest BCUT2D eigenvalue weighted by molar-refractivity contribution is -0.120. The van der Waals surface area contributed by atoms with Gasteiger partial charge in [0.15, 0.2) is 5.17 Å². The Bertz CT molecular complexity index is 1460. The molecule has 2 aliphatic rings. The van der Waals surface area contributed by atoms with Crippen LogP contribution in [0.25, 0.3) is 0 Å². The summed E-state index contributed by atoms with van der Waals surface area (Å²) in [5.74, 6) is 1.58. The molecule has 200 valence electrons. The molecule has 10 heteroatoms. The summed E-state index contributed by atoms with van der Waals surface area (Å²) in [7, 11) is 3.19. The van der Waals surface area contributed by atoms with Gasteiger partial charge in [0.2, 0.25) is 5.91 Å². The van der Waals surface area contributed by atoms with Crippen molar-refractivity contribution < 1.29 is 23.5 Å². The van der Waals surface area contributed by atoms with Gasteiger partial charge in [-0.3, -0.25) is 9.59 Å². The molecule has 0 fully saturated rings. The average molecular weight is 545 g/mol. The molecule has 1 unspecified atom stereocenters. The maximum atomic E-state index is 13.8. The molecule has 5 rings (SSSR count). The second-order valence-corrected chi connectivity index (χ2v) is 9.72. The van der Waals surface area contributed by atoms with Gasteiger partial charge in [-0.05, 0) is 66.4 Å². The van der Waals surface area contributed by atoms with Crippen molar-refractivity contribution in [2.45, 2.75) is 25.9 Å². The normalized spacial score (nSPS) is 16.3. The molecule has 0 saturated heterocycles. The second-order valence-electron chi connectivity index (χ2n) is 8.89. The van der Waals surface area contributed by atoms with E-state index in [9.17, 15) is 9.59 Å². The van der Waals surface area contributed by atoms with E-state index in [4.69, 9.17) is 18.9 Å². The number of amidine groups is 1. The topological polar surface area (TPSA) is 105 Å². The minimum atomic E-state index is -0.523. The Labute approximate surface area is 230 Å². The monoisotopic (exact) mass is 544 g/mol. The van der Waals surface area contributed by atoms with Crippen LogP contribution in [0.1, 0.15) is 30.7 Å². The van der Waals surface area contributed by atoms with Crippen molar-refractivity contribution in [2.75, 3.05) is 19.5 Å². The van der Waals surface area contributed by atoms with Crippen molar-refractivity contribution in [2.24, 2.45) is 4.99 Å². The fraction of sp³-hybridized carbons (Fsp3) is 0.207. The van der Waals surface area contributed by atoms with Crippen LogP contribution in [0.2, 0.25) is 0 Å². The molecule has 2 N–H and O–H groups in total. The third-order valence-electron chi connectivity index (χ3n) is 6.38. The summed E-state index contributed by atoms with van der Waals surface area (Å²) in [6.07, 6.45) is 1.68. The number of hydrogen-bond donors (Lipinski definition) is 2. The Hall–Kier alpha value is -4.44. The number of carbonyl (C=O) groups excluding carboxylic acids is 2. The van der Waals surface area contributed by atoms with Gasteiger partial charge in [-0.2, -0.15) is 0 Å². The Morgan fingerprint density at radius 2 is 1.85 bits per heavy atom. The third-order valence-corrected chi connectivity index (χ3v) is 7.27. The zero-order valence-electron chi connectivity index (χ0n) is 21.8. The molecule has 0 radical (unpaired) electrons. The van der Waals surface area contributed by atoms with Crippen LogP contribution in [0.5, 0.6) is 11.5 Å². The number of allylic oxidation sites excluding steroid dienone is 1. The number of thioether (sulfide) groups is 1. The number of hydrogen-bond acceptors (Lipinski definition) is 8. The first kappa shape index (κ1) is 26.2. The van der Waals surface area contributed by atoms with Gasteiger partial charge in [-0.15, -0.1) is 0 Å². The lowest BCUT2D eigenvalue weighted by atomic mass is 9.93. The molecule has 2 amide bonds. The maximum absolute atomic E-state index is 13.8. The number of rotatable bonds is 9. The van der Waals surface area contributed by atoms with E-state index in [0.717, 1.165) is 11.3 Å². The molecule has 0 bridgehead atoms. The van der Waals surface area contributed by atoms with Gasteiger partial charge in [0, 0.05) is 11.4 Å². The van der Waals surface area contributed by atoms with Crippen LogP contribution < -0.4 is 20.1 Å². The number of nitrogens with zero attached hydrogens (tertiary/aromatic N) is 2. The van der Waals surface area contributed by atoms with Gasteiger partial charge < -0.3 is 29.4 Å². The number of benzene rings is 2. The molecule has 1 aromatic heterocycles.